The summed E-state index contributed by atoms with van der Waals surface area (Å²) in [5, 5.41) is 0. The van der Waals surface area contributed by atoms with Crippen LogP contribution in [0.3, 0.4) is 0 Å². The van der Waals surface area contributed by atoms with Gasteiger partial charge >= 0.3 is 0 Å². The minimum Gasteiger partial charge on any atom is -0.347 e. The van der Waals surface area contributed by atoms with Gasteiger partial charge in [0.05, 0.1) is 6.04 Å². The fraction of sp³-hybridized carbons (Fsp3) is 0.280. The Kier molecular flexibility index (Phi) is 5.98. The molecule has 3 atom stereocenters. The molecule has 0 radical (unpaired) electrons. The van der Waals surface area contributed by atoms with E-state index < -0.39 is 0 Å². The van der Waals surface area contributed by atoms with Crippen LogP contribution in [0.2, 0.25) is 0 Å². The van der Waals surface area contributed by atoms with Gasteiger partial charge in [-0.2, -0.15) is 0 Å². The summed E-state index contributed by atoms with van der Waals surface area (Å²) in [7, 11) is 2.21. The van der Waals surface area contributed by atoms with Crippen molar-refractivity contribution in [1.29, 1.82) is 0 Å². The summed E-state index contributed by atoms with van der Waals surface area (Å²) in [5.41, 5.74) is 5.04. The molecule has 2 aromatic rings. The highest BCUT2D eigenvalue weighted by Gasteiger charge is 2.44. The van der Waals surface area contributed by atoms with Gasteiger partial charge in [-0.25, -0.2) is 0 Å². The minimum atomic E-state index is 0.180. The first-order chi connectivity index (χ1) is 13.1. The van der Waals surface area contributed by atoms with Crippen molar-refractivity contribution in [3.05, 3.63) is 102 Å². The summed E-state index contributed by atoms with van der Waals surface area (Å²) in [6.45, 7) is 10.9. The Bertz CT molecular complexity index is 834. The molecule has 0 aliphatic carbocycles. The maximum atomic E-state index is 4.40. The fourth-order valence-electron chi connectivity index (χ4n) is 4.25. The van der Waals surface area contributed by atoms with Crippen molar-refractivity contribution in [1.82, 2.24) is 4.90 Å². The molecular weight excluding hydrogens is 328 g/mol. The highest BCUT2D eigenvalue weighted by molar-refractivity contribution is 5.58. The fourth-order valence-corrected chi connectivity index (χ4v) is 4.25. The Labute approximate surface area is 164 Å². The van der Waals surface area contributed by atoms with E-state index in [0.717, 1.165) is 5.57 Å². The van der Waals surface area contributed by atoms with E-state index in [0.29, 0.717) is 6.04 Å². The number of para-hydroxylation sites is 1. The Morgan fingerprint density at radius 1 is 1.00 bits per heavy atom. The monoisotopic (exact) mass is 358 g/mol. The average Bonchev–Trinajstić information content (AvgIpc) is 2.93. The van der Waals surface area contributed by atoms with E-state index in [9.17, 15) is 0 Å². The standard InChI is InChI=1S/C25H30N2/c1-6-7-9-15-20(3)24-21(4)27(23-18-13-12-14-19(23)2)25(26(24)5)22-16-10-8-11-17-22/h6-18,21,24-25H,3H2,1-2,4-5H3/b7-6-,15-9-/t21-,24?,25?/m0/s1. The molecule has 2 aromatic carbocycles. The van der Waals surface area contributed by atoms with E-state index in [1.807, 2.05) is 13.0 Å². The molecule has 2 heteroatoms. The van der Waals surface area contributed by atoms with Crippen LogP contribution in [-0.2, 0) is 0 Å². The van der Waals surface area contributed by atoms with E-state index in [-0.39, 0.29) is 12.2 Å². The van der Waals surface area contributed by atoms with E-state index in [2.05, 4.69) is 110 Å². The van der Waals surface area contributed by atoms with Crippen molar-refractivity contribution >= 4 is 5.69 Å². The smallest absolute Gasteiger partial charge is 0.109 e. The minimum absolute atomic E-state index is 0.180. The molecule has 1 aliphatic rings. The van der Waals surface area contributed by atoms with Crippen LogP contribution in [0.15, 0.2) is 91.1 Å². The molecule has 2 nitrogen and oxygen atoms in total. The molecule has 3 rings (SSSR count). The molecule has 0 bridgehead atoms. The van der Waals surface area contributed by atoms with Gasteiger partial charge < -0.3 is 4.90 Å². The average molecular weight is 359 g/mol. The topological polar surface area (TPSA) is 6.48 Å². The second kappa shape index (κ2) is 8.41. The van der Waals surface area contributed by atoms with Gasteiger partial charge in [-0.1, -0.05) is 79.4 Å². The third-order valence-corrected chi connectivity index (χ3v) is 5.47. The lowest BCUT2D eigenvalue weighted by Gasteiger charge is -2.33. The van der Waals surface area contributed by atoms with E-state index in [1.54, 1.807) is 0 Å². The maximum absolute atomic E-state index is 4.40. The zero-order valence-corrected chi connectivity index (χ0v) is 16.8. The summed E-state index contributed by atoms with van der Waals surface area (Å²) in [6.07, 6.45) is 8.49. The van der Waals surface area contributed by atoms with Gasteiger partial charge in [0.15, 0.2) is 0 Å². The second-order valence-electron chi connectivity index (χ2n) is 7.29. The number of likely N-dealkylation sites (N-methyl/N-ethyl adjacent to an activating group) is 1. The number of benzene rings is 2. The molecule has 140 valence electrons. The Morgan fingerprint density at radius 3 is 2.33 bits per heavy atom. The van der Waals surface area contributed by atoms with Crippen LogP contribution < -0.4 is 4.90 Å². The highest BCUT2D eigenvalue weighted by Crippen LogP contribution is 2.43. The molecule has 1 aliphatic heterocycles. The molecule has 2 unspecified atom stereocenters. The molecule has 1 heterocycles. The van der Waals surface area contributed by atoms with Crippen LogP contribution >= 0.6 is 0 Å². The molecule has 0 saturated carbocycles. The summed E-state index contributed by atoms with van der Waals surface area (Å²) in [6, 6.07) is 20.0. The van der Waals surface area contributed by atoms with E-state index in [1.165, 1.54) is 16.8 Å². The molecule has 27 heavy (non-hydrogen) atoms. The number of allylic oxidation sites excluding steroid dienone is 3. The van der Waals surface area contributed by atoms with Gasteiger partial charge in [0, 0.05) is 11.7 Å². The molecule has 0 aromatic heterocycles. The van der Waals surface area contributed by atoms with Gasteiger partial charge in [-0.3, -0.25) is 4.90 Å². The number of hydrogen-bond donors (Lipinski definition) is 0. The third kappa shape index (κ3) is 3.77. The van der Waals surface area contributed by atoms with Crippen LogP contribution in [0, 0.1) is 6.92 Å². The van der Waals surface area contributed by atoms with Gasteiger partial charge in [0.1, 0.15) is 6.17 Å². The first-order valence-corrected chi connectivity index (χ1v) is 9.65. The van der Waals surface area contributed by atoms with Gasteiger partial charge in [-0.05, 0) is 50.6 Å². The quantitative estimate of drug-likeness (QED) is 0.615. The number of nitrogens with zero attached hydrogens (tertiary/aromatic N) is 2. The first-order valence-electron chi connectivity index (χ1n) is 9.65. The van der Waals surface area contributed by atoms with Crippen molar-refractivity contribution in [2.75, 3.05) is 11.9 Å². The Morgan fingerprint density at radius 2 is 1.67 bits per heavy atom. The highest BCUT2D eigenvalue weighted by atomic mass is 15.4. The second-order valence-corrected chi connectivity index (χ2v) is 7.29. The molecular formula is C25H30N2. The first kappa shape index (κ1) is 19.2. The van der Waals surface area contributed by atoms with Gasteiger partial charge in [-0.15, -0.1) is 0 Å². The normalized spacial score (nSPS) is 23.6. The van der Waals surface area contributed by atoms with Crippen LogP contribution in [0.5, 0.6) is 0 Å². The molecule has 1 fully saturated rings. The maximum Gasteiger partial charge on any atom is 0.109 e. The van der Waals surface area contributed by atoms with Crippen molar-refractivity contribution < 1.29 is 0 Å². The lowest BCUT2D eigenvalue weighted by molar-refractivity contribution is 0.267. The lowest BCUT2D eigenvalue weighted by atomic mass is 10.0. The molecule has 1 saturated heterocycles. The van der Waals surface area contributed by atoms with Crippen molar-refractivity contribution in [3.8, 4) is 0 Å². The third-order valence-electron chi connectivity index (χ3n) is 5.47. The zero-order valence-electron chi connectivity index (χ0n) is 16.8. The van der Waals surface area contributed by atoms with Crippen LogP contribution in [0.1, 0.15) is 31.1 Å². The van der Waals surface area contributed by atoms with E-state index in [4.69, 9.17) is 0 Å². The largest absolute Gasteiger partial charge is 0.347 e. The van der Waals surface area contributed by atoms with Crippen LogP contribution in [0.4, 0.5) is 5.69 Å². The summed E-state index contributed by atoms with van der Waals surface area (Å²) in [4.78, 5) is 5.00. The zero-order chi connectivity index (χ0) is 19.4. The number of hydrogen-bond acceptors (Lipinski definition) is 2. The van der Waals surface area contributed by atoms with Gasteiger partial charge in [0.2, 0.25) is 0 Å². The Balaban J connectivity index is 2.06. The van der Waals surface area contributed by atoms with Crippen molar-refractivity contribution in [3.63, 3.8) is 0 Å². The van der Waals surface area contributed by atoms with Crippen LogP contribution in [0.25, 0.3) is 0 Å². The van der Waals surface area contributed by atoms with Crippen molar-refractivity contribution in [2.45, 2.75) is 39.0 Å². The molecule has 0 spiro atoms. The van der Waals surface area contributed by atoms with Crippen LogP contribution in [-0.4, -0.2) is 24.0 Å². The van der Waals surface area contributed by atoms with Gasteiger partial charge in [0.25, 0.3) is 0 Å². The van der Waals surface area contributed by atoms with Crippen molar-refractivity contribution in [2.24, 2.45) is 0 Å². The number of anilines is 1. The molecule has 0 N–H and O–H groups in total. The number of rotatable bonds is 5. The predicted molar refractivity (Wildman–Crippen MR) is 117 cm³/mol. The Hall–Kier alpha value is -2.58. The molecule has 0 amide bonds. The SMILES string of the molecule is C=C(/C=C\C=C/C)C1[C@H](C)N(c2ccccc2C)C(c2ccccc2)N1C. The summed E-state index contributed by atoms with van der Waals surface area (Å²) in [5.74, 6) is 0. The lowest BCUT2D eigenvalue weighted by Crippen LogP contribution is -2.35. The number of aryl methyl sites for hydroxylation is 1. The van der Waals surface area contributed by atoms with E-state index >= 15 is 0 Å². The predicted octanol–water partition coefficient (Wildman–Crippen LogP) is 5.89. The summed E-state index contributed by atoms with van der Waals surface area (Å²) >= 11 is 0. The summed E-state index contributed by atoms with van der Waals surface area (Å²) < 4.78 is 0.